The second kappa shape index (κ2) is 4.28. The summed E-state index contributed by atoms with van der Waals surface area (Å²) in [7, 11) is 0. The predicted octanol–water partition coefficient (Wildman–Crippen LogP) is 3.77. The monoisotopic (exact) mass is 288 g/mol. The van der Waals surface area contributed by atoms with Crippen LogP contribution < -0.4 is 5.32 Å². The highest BCUT2D eigenvalue weighted by molar-refractivity contribution is 5.95. The molecule has 112 valence electrons. The molecule has 1 aromatic heterocycles. The highest BCUT2D eigenvalue weighted by Crippen LogP contribution is 2.65. The smallest absolute Gasteiger partial charge is 0.230 e. The van der Waals surface area contributed by atoms with E-state index in [9.17, 15) is 9.18 Å². The molecule has 0 aromatic carbocycles. The maximum absolute atomic E-state index is 12.9. The number of nitrogens with one attached hydrogen (secondary N) is 1. The van der Waals surface area contributed by atoms with Gasteiger partial charge in [-0.1, -0.05) is 6.92 Å². The molecule has 0 aliphatic heterocycles. The van der Waals surface area contributed by atoms with Crippen LogP contribution in [0.3, 0.4) is 0 Å². The van der Waals surface area contributed by atoms with Crippen LogP contribution in [-0.4, -0.2) is 10.9 Å². The number of carbonyl (C=O) groups is 1. The van der Waals surface area contributed by atoms with Crippen LogP contribution in [0.2, 0.25) is 0 Å². The van der Waals surface area contributed by atoms with Crippen LogP contribution in [0.25, 0.3) is 0 Å². The summed E-state index contributed by atoms with van der Waals surface area (Å²) in [5, 5.41) is 2.98. The number of pyridine rings is 1. The summed E-state index contributed by atoms with van der Waals surface area (Å²) in [6.07, 6.45) is 8.35. The van der Waals surface area contributed by atoms with E-state index in [1.165, 1.54) is 31.5 Å². The normalized spacial score (nSPS) is 40.3. The van der Waals surface area contributed by atoms with Gasteiger partial charge in [0.1, 0.15) is 0 Å². The fourth-order valence-corrected chi connectivity index (χ4v) is 5.70. The third kappa shape index (κ3) is 2.16. The highest BCUT2D eigenvalue weighted by atomic mass is 19.1. The van der Waals surface area contributed by atoms with Gasteiger partial charge in [-0.25, -0.2) is 4.98 Å². The molecule has 3 nitrogen and oxygen atoms in total. The Morgan fingerprint density at radius 2 is 2.00 bits per heavy atom. The Balaban J connectivity index is 1.57. The van der Waals surface area contributed by atoms with Gasteiger partial charge in [0.05, 0.1) is 17.3 Å². The first-order chi connectivity index (χ1) is 9.96. The summed E-state index contributed by atoms with van der Waals surface area (Å²) in [4.78, 5) is 16.5. The topological polar surface area (TPSA) is 42.0 Å². The van der Waals surface area contributed by atoms with E-state index in [1.807, 2.05) is 0 Å². The molecular formula is C17H21FN2O. The van der Waals surface area contributed by atoms with Gasteiger partial charge in [-0.2, -0.15) is 4.39 Å². The van der Waals surface area contributed by atoms with E-state index in [0.717, 1.165) is 19.3 Å². The van der Waals surface area contributed by atoms with Crippen LogP contribution in [-0.2, 0) is 4.79 Å². The minimum atomic E-state index is -0.518. The SMILES string of the molecule is CC12CC3CC(C1)CC(C(=O)Nc1ccc(F)nc1)(C3)C2. The number of rotatable bonds is 2. The molecule has 4 bridgehead atoms. The van der Waals surface area contributed by atoms with Crippen molar-refractivity contribution in [2.45, 2.75) is 45.4 Å². The largest absolute Gasteiger partial charge is 0.324 e. The first-order valence-electron chi connectivity index (χ1n) is 7.90. The van der Waals surface area contributed by atoms with Gasteiger partial charge in [0, 0.05) is 0 Å². The van der Waals surface area contributed by atoms with Gasteiger partial charge in [-0.15, -0.1) is 0 Å². The summed E-state index contributed by atoms with van der Waals surface area (Å²) in [5.74, 6) is 1.04. The number of carbonyl (C=O) groups excluding carboxylic acids is 1. The third-order valence-electron chi connectivity index (χ3n) is 5.82. The van der Waals surface area contributed by atoms with Gasteiger partial charge in [0.2, 0.25) is 11.9 Å². The molecule has 0 saturated heterocycles. The Morgan fingerprint density at radius 3 is 2.57 bits per heavy atom. The highest BCUT2D eigenvalue weighted by Gasteiger charge is 2.58. The van der Waals surface area contributed by atoms with Crippen molar-refractivity contribution in [3.8, 4) is 0 Å². The van der Waals surface area contributed by atoms with Crippen LogP contribution in [0, 0.1) is 28.6 Å². The maximum atomic E-state index is 12.9. The second-order valence-electron chi connectivity index (χ2n) is 7.88. The van der Waals surface area contributed by atoms with Crippen molar-refractivity contribution in [1.82, 2.24) is 4.98 Å². The molecule has 4 fully saturated rings. The van der Waals surface area contributed by atoms with Gasteiger partial charge in [-0.05, 0) is 67.9 Å². The molecule has 0 radical (unpaired) electrons. The predicted molar refractivity (Wildman–Crippen MR) is 78.0 cm³/mol. The molecule has 0 spiro atoms. The van der Waals surface area contributed by atoms with Crippen molar-refractivity contribution < 1.29 is 9.18 Å². The second-order valence-corrected chi connectivity index (χ2v) is 7.88. The third-order valence-corrected chi connectivity index (χ3v) is 5.82. The molecule has 4 heteroatoms. The number of halogens is 1. The lowest BCUT2D eigenvalue weighted by Gasteiger charge is -2.60. The van der Waals surface area contributed by atoms with Crippen LogP contribution in [0.15, 0.2) is 18.3 Å². The van der Waals surface area contributed by atoms with Crippen molar-refractivity contribution in [2.75, 3.05) is 5.32 Å². The number of aromatic nitrogens is 1. The van der Waals surface area contributed by atoms with E-state index >= 15 is 0 Å². The van der Waals surface area contributed by atoms with Crippen LogP contribution in [0.4, 0.5) is 10.1 Å². The van der Waals surface area contributed by atoms with Crippen molar-refractivity contribution in [1.29, 1.82) is 0 Å². The fourth-order valence-electron chi connectivity index (χ4n) is 5.70. The quantitative estimate of drug-likeness (QED) is 0.842. The van der Waals surface area contributed by atoms with Gasteiger partial charge >= 0.3 is 0 Å². The van der Waals surface area contributed by atoms with E-state index in [0.29, 0.717) is 22.9 Å². The summed E-state index contributed by atoms with van der Waals surface area (Å²) in [6.45, 7) is 2.35. The molecule has 1 N–H and O–H groups in total. The maximum Gasteiger partial charge on any atom is 0.230 e. The van der Waals surface area contributed by atoms with E-state index < -0.39 is 5.95 Å². The number of hydrogen-bond donors (Lipinski definition) is 1. The van der Waals surface area contributed by atoms with Crippen molar-refractivity contribution in [3.05, 3.63) is 24.3 Å². The molecule has 4 aliphatic rings. The summed E-state index contributed by atoms with van der Waals surface area (Å²) < 4.78 is 12.9. The van der Waals surface area contributed by atoms with E-state index in [1.54, 1.807) is 6.07 Å². The minimum Gasteiger partial charge on any atom is -0.324 e. The number of amides is 1. The van der Waals surface area contributed by atoms with Gasteiger partial charge < -0.3 is 5.32 Å². The summed E-state index contributed by atoms with van der Waals surface area (Å²) in [5.41, 5.74) is 0.748. The van der Waals surface area contributed by atoms with Crippen molar-refractivity contribution >= 4 is 11.6 Å². The van der Waals surface area contributed by atoms with Gasteiger partial charge in [0.15, 0.2) is 0 Å². The molecular weight excluding hydrogens is 267 g/mol. The first-order valence-corrected chi connectivity index (χ1v) is 7.90. The van der Waals surface area contributed by atoms with Crippen LogP contribution >= 0.6 is 0 Å². The molecule has 1 heterocycles. The lowest BCUT2D eigenvalue weighted by atomic mass is 9.44. The summed E-state index contributed by atoms with van der Waals surface area (Å²) >= 11 is 0. The Morgan fingerprint density at radius 1 is 1.29 bits per heavy atom. The van der Waals surface area contributed by atoms with Crippen molar-refractivity contribution in [3.63, 3.8) is 0 Å². The van der Waals surface area contributed by atoms with Gasteiger partial charge in [0.25, 0.3) is 0 Å². The van der Waals surface area contributed by atoms with E-state index in [-0.39, 0.29) is 11.3 Å². The molecule has 1 amide bonds. The zero-order valence-electron chi connectivity index (χ0n) is 12.4. The van der Waals surface area contributed by atoms with Gasteiger partial charge in [-0.3, -0.25) is 4.79 Å². The van der Waals surface area contributed by atoms with E-state index in [4.69, 9.17) is 0 Å². The Bertz CT molecular complexity index is 569. The minimum absolute atomic E-state index is 0.122. The number of anilines is 1. The summed E-state index contributed by atoms with van der Waals surface area (Å²) in [6, 6.07) is 2.87. The fraction of sp³-hybridized carbons (Fsp3) is 0.647. The van der Waals surface area contributed by atoms with Crippen LogP contribution in [0.5, 0.6) is 0 Å². The number of nitrogens with zero attached hydrogens (tertiary/aromatic N) is 1. The molecule has 1 aromatic rings. The van der Waals surface area contributed by atoms with Crippen LogP contribution in [0.1, 0.15) is 45.4 Å². The average Bonchev–Trinajstić information content (AvgIpc) is 2.38. The Hall–Kier alpha value is -1.45. The molecule has 4 aliphatic carbocycles. The number of hydrogen-bond acceptors (Lipinski definition) is 2. The lowest BCUT2D eigenvalue weighted by molar-refractivity contribution is -0.149. The molecule has 2 unspecified atom stereocenters. The molecule has 2 atom stereocenters. The molecule has 4 saturated carbocycles. The lowest BCUT2D eigenvalue weighted by Crippen LogP contribution is -2.55. The Labute approximate surface area is 124 Å². The molecule has 5 rings (SSSR count). The van der Waals surface area contributed by atoms with E-state index in [2.05, 4.69) is 17.2 Å². The first kappa shape index (κ1) is 13.2. The average molecular weight is 288 g/mol. The zero-order valence-corrected chi connectivity index (χ0v) is 12.4. The molecule has 21 heavy (non-hydrogen) atoms. The van der Waals surface area contributed by atoms with Crippen molar-refractivity contribution in [2.24, 2.45) is 22.7 Å². The Kier molecular flexibility index (Phi) is 2.69. The standard InChI is InChI=1S/C17H21FN2O/c1-16-5-11-4-12(6-16)8-17(7-11,10-16)15(21)20-13-2-3-14(18)19-9-13/h2-3,9,11-12H,4-8,10H2,1H3,(H,20,21). The zero-order chi connectivity index (χ0) is 14.7.